The zero-order chi connectivity index (χ0) is 20.3. The summed E-state index contributed by atoms with van der Waals surface area (Å²) in [7, 11) is -3.59. The van der Waals surface area contributed by atoms with E-state index >= 15 is 0 Å². The normalized spacial score (nSPS) is 16.8. The molecule has 6 nitrogen and oxygen atoms in total. The van der Waals surface area contributed by atoms with Crippen molar-refractivity contribution >= 4 is 39.2 Å². The molecule has 0 radical (unpaired) electrons. The number of sulfone groups is 1. The van der Waals surface area contributed by atoms with Crippen LogP contribution in [0, 0.1) is 0 Å². The van der Waals surface area contributed by atoms with Crippen LogP contribution in [0.4, 0.5) is 5.69 Å². The number of carbonyl (C=O) groups excluding carboxylic acids is 2. The van der Waals surface area contributed by atoms with Gasteiger partial charge in [0.1, 0.15) is 0 Å². The maximum Gasteiger partial charge on any atom is 0.339 e. The lowest BCUT2D eigenvalue weighted by Crippen LogP contribution is -2.36. The Kier molecular flexibility index (Phi) is 6.10. The summed E-state index contributed by atoms with van der Waals surface area (Å²) in [6.07, 6.45) is 1.84. The van der Waals surface area contributed by atoms with Gasteiger partial charge in [-0.25, -0.2) is 13.2 Å². The summed E-state index contributed by atoms with van der Waals surface area (Å²) in [4.78, 5) is 27.7. The van der Waals surface area contributed by atoms with Crippen molar-refractivity contribution in [2.45, 2.75) is 28.4 Å². The molecule has 1 atom stereocenters. The van der Waals surface area contributed by atoms with Crippen molar-refractivity contribution in [2.75, 3.05) is 24.3 Å². The second-order valence-electron chi connectivity index (χ2n) is 6.57. The van der Waals surface area contributed by atoms with Crippen LogP contribution >= 0.6 is 11.8 Å². The number of ether oxygens (including phenoxy) is 1. The van der Waals surface area contributed by atoms with E-state index in [1.165, 1.54) is 18.2 Å². The summed E-state index contributed by atoms with van der Waals surface area (Å²) in [6.45, 7) is 2.18. The first-order valence-corrected chi connectivity index (χ1v) is 11.6. The molecule has 0 unspecified atom stereocenters. The van der Waals surface area contributed by atoms with Gasteiger partial charge in [-0.2, -0.15) is 0 Å². The molecule has 8 heteroatoms. The predicted molar refractivity (Wildman–Crippen MR) is 109 cm³/mol. The molecule has 1 heterocycles. The third-order valence-corrected chi connectivity index (χ3v) is 6.77. The second-order valence-corrected chi connectivity index (χ2v) is 10.0. The van der Waals surface area contributed by atoms with E-state index in [1.54, 1.807) is 22.7 Å². The van der Waals surface area contributed by atoms with Crippen molar-refractivity contribution in [1.29, 1.82) is 0 Å². The first-order chi connectivity index (χ1) is 13.3. The molecule has 0 N–H and O–H groups in total. The molecule has 148 valence electrons. The molecule has 3 rings (SSSR count). The highest BCUT2D eigenvalue weighted by Crippen LogP contribution is 2.37. The molecule has 2 aromatic carbocycles. The molecular formula is C20H21NO5S2. The summed E-state index contributed by atoms with van der Waals surface area (Å²) < 4.78 is 28.9. The molecule has 0 spiro atoms. The Morgan fingerprint density at radius 1 is 1.14 bits per heavy atom. The summed E-state index contributed by atoms with van der Waals surface area (Å²) in [5.41, 5.74) is 0.729. The third kappa shape index (κ3) is 4.56. The number of hydrogen-bond acceptors (Lipinski definition) is 6. The van der Waals surface area contributed by atoms with E-state index in [-0.39, 0.29) is 16.4 Å². The van der Waals surface area contributed by atoms with Gasteiger partial charge in [0.2, 0.25) is 0 Å². The summed E-state index contributed by atoms with van der Waals surface area (Å²) in [6, 6.07) is 13.4. The lowest BCUT2D eigenvalue weighted by molar-refractivity contribution is -0.121. The van der Waals surface area contributed by atoms with Crippen LogP contribution < -0.4 is 4.90 Å². The molecule has 0 saturated heterocycles. The maximum atomic E-state index is 12.8. The Balaban J connectivity index is 1.76. The van der Waals surface area contributed by atoms with Crippen molar-refractivity contribution in [3.8, 4) is 0 Å². The quantitative estimate of drug-likeness (QED) is 0.708. The van der Waals surface area contributed by atoms with E-state index in [4.69, 9.17) is 4.74 Å². The third-order valence-electron chi connectivity index (χ3n) is 4.38. The van der Waals surface area contributed by atoms with Gasteiger partial charge in [-0.15, -0.1) is 11.8 Å². The zero-order valence-electron chi connectivity index (χ0n) is 15.6. The molecule has 1 aliphatic rings. The Morgan fingerprint density at radius 3 is 2.57 bits per heavy atom. The monoisotopic (exact) mass is 419 g/mol. The molecule has 1 amide bonds. The SMILES string of the molecule is C[C@@H]1CCN(C(=O)COC(=O)c2ccccc2S(C)(=O)=O)c2ccccc2S1. The van der Waals surface area contributed by atoms with Gasteiger partial charge in [0.25, 0.3) is 5.91 Å². The summed E-state index contributed by atoms with van der Waals surface area (Å²) in [5, 5.41) is 0.364. The maximum absolute atomic E-state index is 12.8. The smallest absolute Gasteiger partial charge is 0.339 e. The van der Waals surface area contributed by atoms with Crippen LogP contribution in [-0.2, 0) is 19.4 Å². The lowest BCUT2D eigenvalue weighted by Gasteiger charge is -2.22. The topological polar surface area (TPSA) is 80.8 Å². The fraction of sp³-hybridized carbons (Fsp3) is 0.300. The fourth-order valence-electron chi connectivity index (χ4n) is 2.99. The molecular weight excluding hydrogens is 398 g/mol. The Labute approximate surface area is 168 Å². The van der Waals surface area contributed by atoms with Crippen LogP contribution in [0.3, 0.4) is 0 Å². The van der Waals surface area contributed by atoms with Gasteiger partial charge < -0.3 is 9.64 Å². The van der Waals surface area contributed by atoms with E-state index in [2.05, 4.69) is 6.92 Å². The molecule has 28 heavy (non-hydrogen) atoms. The van der Waals surface area contributed by atoms with Gasteiger partial charge in [-0.3, -0.25) is 4.79 Å². The number of para-hydroxylation sites is 1. The van der Waals surface area contributed by atoms with Crippen LogP contribution in [0.1, 0.15) is 23.7 Å². The van der Waals surface area contributed by atoms with Crippen molar-refractivity contribution in [2.24, 2.45) is 0 Å². The largest absolute Gasteiger partial charge is 0.452 e. The fourth-order valence-corrected chi connectivity index (χ4v) is 4.98. The number of nitrogens with zero attached hydrogens (tertiary/aromatic N) is 1. The number of carbonyl (C=O) groups is 2. The van der Waals surface area contributed by atoms with E-state index in [0.29, 0.717) is 11.8 Å². The number of anilines is 1. The summed E-state index contributed by atoms with van der Waals surface area (Å²) >= 11 is 1.71. The number of esters is 1. The van der Waals surface area contributed by atoms with Gasteiger partial charge in [-0.05, 0) is 30.7 Å². The van der Waals surface area contributed by atoms with E-state index in [0.717, 1.165) is 23.3 Å². The lowest BCUT2D eigenvalue weighted by atomic mass is 10.2. The van der Waals surface area contributed by atoms with Gasteiger partial charge >= 0.3 is 5.97 Å². The minimum absolute atomic E-state index is 0.0711. The molecule has 2 aromatic rings. The summed E-state index contributed by atoms with van der Waals surface area (Å²) in [5.74, 6) is -1.17. The van der Waals surface area contributed by atoms with Crippen LogP contribution in [0.5, 0.6) is 0 Å². The number of thioether (sulfide) groups is 1. The van der Waals surface area contributed by atoms with Crippen molar-refractivity contribution < 1.29 is 22.7 Å². The minimum atomic E-state index is -3.59. The number of rotatable bonds is 4. The Morgan fingerprint density at radius 2 is 1.82 bits per heavy atom. The number of amides is 1. The van der Waals surface area contributed by atoms with E-state index in [1.807, 2.05) is 24.3 Å². The Hall–Kier alpha value is -2.32. The highest BCUT2D eigenvalue weighted by Gasteiger charge is 2.26. The van der Waals surface area contributed by atoms with Gasteiger partial charge in [0.05, 0.1) is 16.1 Å². The van der Waals surface area contributed by atoms with E-state index in [9.17, 15) is 18.0 Å². The highest BCUT2D eigenvalue weighted by atomic mass is 32.2. The van der Waals surface area contributed by atoms with Crippen LogP contribution in [0.2, 0.25) is 0 Å². The van der Waals surface area contributed by atoms with Crippen molar-refractivity contribution in [3.05, 3.63) is 54.1 Å². The number of hydrogen-bond donors (Lipinski definition) is 0. The molecule has 0 saturated carbocycles. The molecule has 0 aliphatic carbocycles. The van der Waals surface area contributed by atoms with Crippen LogP contribution in [0.25, 0.3) is 0 Å². The number of fused-ring (bicyclic) bond motifs is 1. The predicted octanol–water partition coefficient (Wildman–Crippen LogP) is 3.16. The zero-order valence-corrected chi connectivity index (χ0v) is 17.3. The highest BCUT2D eigenvalue weighted by molar-refractivity contribution is 8.00. The average molecular weight is 420 g/mol. The van der Waals surface area contributed by atoms with E-state index < -0.39 is 22.4 Å². The molecule has 0 fully saturated rings. The van der Waals surface area contributed by atoms with Crippen LogP contribution in [0.15, 0.2) is 58.3 Å². The first kappa shape index (κ1) is 20.4. The van der Waals surface area contributed by atoms with Gasteiger partial charge in [-0.1, -0.05) is 31.2 Å². The van der Waals surface area contributed by atoms with Crippen LogP contribution in [-0.4, -0.2) is 45.0 Å². The minimum Gasteiger partial charge on any atom is -0.452 e. The van der Waals surface area contributed by atoms with Crippen molar-refractivity contribution in [3.63, 3.8) is 0 Å². The first-order valence-electron chi connectivity index (χ1n) is 8.79. The number of benzene rings is 2. The molecule has 1 aliphatic heterocycles. The van der Waals surface area contributed by atoms with Gasteiger partial charge in [0.15, 0.2) is 16.4 Å². The molecule has 0 bridgehead atoms. The van der Waals surface area contributed by atoms with Crippen molar-refractivity contribution in [1.82, 2.24) is 0 Å². The second kappa shape index (κ2) is 8.36. The standard InChI is InChI=1S/C20H21NO5S2/c1-14-11-12-21(16-8-4-5-9-17(16)27-14)19(22)13-26-20(23)15-7-3-6-10-18(15)28(2,24)25/h3-10,14H,11-13H2,1-2H3/t14-/m1/s1. The average Bonchev–Trinajstić information content (AvgIpc) is 2.83. The van der Waals surface area contributed by atoms with Gasteiger partial charge in [0, 0.05) is 22.9 Å². The molecule has 0 aromatic heterocycles. The Bertz CT molecular complexity index is 1000.